The fourth-order valence-corrected chi connectivity index (χ4v) is 2.83. The van der Waals surface area contributed by atoms with Crippen molar-refractivity contribution in [1.82, 2.24) is 0 Å². The van der Waals surface area contributed by atoms with Gasteiger partial charge in [0.2, 0.25) is 0 Å². The zero-order valence-corrected chi connectivity index (χ0v) is 10.8. The maximum Gasteiger partial charge on any atom is 0.0635 e. The molecule has 0 aliphatic heterocycles. The number of nitrogens with one attached hydrogen (secondary N) is 1. The predicted octanol–water partition coefficient (Wildman–Crippen LogP) is 3.69. The maximum absolute atomic E-state index is 9.51. The van der Waals surface area contributed by atoms with Crippen LogP contribution < -0.4 is 5.32 Å². The van der Waals surface area contributed by atoms with Crippen molar-refractivity contribution in [2.24, 2.45) is 5.92 Å². The SMILES string of the molecule is OCC(Nc1cccc(Cl)c1)C1CCCCC1. The Morgan fingerprint density at radius 3 is 2.71 bits per heavy atom. The van der Waals surface area contributed by atoms with Gasteiger partial charge in [-0.25, -0.2) is 0 Å². The van der Waals surface area contributed by atoms with Crippen LogP contribution in [0.1, 0.15) is 32.1 Å². The zero-order chi connectivity index (χ0) is 12.1. The molecule has 0 heterocycles. The lowest BCUT2D eigenvalue weighted by atomic mass is 9.84. The minimum absolute atomic E-state index is 0.161. The van der Waals surface area contributed by atoms with E-state index in [1.807, 2.05) is 24.3 Å². The van der Waals surface area contributed by atoms with Gasteiger partial charge in [0.05, 0.1) is 12.6 Å². The lowest BCUT2D eigenvalue weighted by Crippen LogP contribution is -2.33. The first-order chi connectivity index (χ1) is 8.29. The third-order valence-electron chi connectivity index (χ3n) is 3.59. The molecule has 0 saturated heterocycles. The van der Waals surface area contributed by atoms with Gasteiger partial charge in [-0.2, -0.15) is 0 Å². The summed E-state index contributed by atoms with van der Waals surface area (Å²) in [7, 11) is 0. The highest BCUT2D eigenvalue weighted by Crippen LogP contribution is 2.28. The van der Waals surface area contributed by atoms with Crippen molar-refractivity contribution in [3.63, 3.8) is 0 Å². The number of anilines is 1. The van der Waals surface area contributed by atoms with Crippen LogP contribution >= 0.6 is 11.6 Å². The molecule has 0 amide bonds. The summed E-state index contributed by atoms with van der Waals surface area (Å²) in [5.41, 5.74) is 1.00. The lowest BCUT2D eigenvalue weighted by Gasteiger charge is -2.30. The van der Waals surface area contributed by atoms with Crippen LogP contribution in [0.2, 0.25) is 5.02 Å². The van der Waals surface area contributed by atoms with Crippen LogP contribution in [0.15, 0.2) is 24.3 Å². The molecular formula is C14H20ClNO. The summed E-state index contributed by atoms with van der Waals surface area (Å²) in [6, 6.07) is 7.86. The second-order valence-electron chi connectivity index (χ2n) is 4.84. The van der Waals surface area contributed by atoms with Gasteiger partial charge in [-0.1, -0.05) is 36.9 Å². The smallest absolute Gasteiger partial charge is 0.0635 e. The number of hydrogen-bond acceptors (Lipinski definition) is 2. The molecule has 1 unspecified atom stereocenters. The number of rotatable bonds is 4. The molecule has 1 atom stereocenters. The first-order valence-corrected chi connectivity index (χ1v) is 6.80. The number of aliphatic hydroxyl groups excluding tert-OH is 1. The largest absolute Gasteiger partial charge is 0.394 e. The molecule has 2 N–H and O–H groups in total. The van der Waals surface area contributed by atoms with Gasteiger partial charge in [0, 0.05) is 10.7 Å². The Kier molecular flexibility index (Phi) is 4.69. The quantitative estimate of drug-likeness (QED) is 0.858. The van der Waals surface area contributed by atoms with Crippen molar-refractivity contribution in [1.29, 1.82) is 0 Å². The van der Waals surface area contributed by atoms with E-state index in [1.165, 1.54) is 32.1 Å². The molecule has 2 nitrogen and oxygen atoms in total. The minimum Gasteiger partial charge on any atom is -0.394 e. The summed E-state index contributed by atoms with van der Waals surface area (Å²) in [5, 5.41) is 13.6. The molecule has 0 bridgehead atoms. The molecule has 0 radical (unpaired) electrons. The molecule has 1 fully saturated rings. The van der Waals surface area contributed by atoms with E-state index in [0.29, 0.717) is 5.92 Å². The third-order valence-corrected chi connectivity index (χ3v) is 3.83. The summed E-state index contributed by atoms with van der Waals surface area (Å²) >= 11 is 5.95. The van der Waals surface area contributed by atoms with E-state index in [-0.39, 0.29) is 12.6 Å². The van der Waals surface area contributed by atoms with Gasteiger partial charge in [-0.3, -0.25) is 0 Å². The highest BCUT2D eigenvalue weighted by Gasteiger charge is 2.22. The van der Waals surface area contributed by atoms with Gasteiger partial charge in [-0.05, 0) is 37.0 Å². The van der Waals surface area contributed by atoms with Crippen LogP contribution in [0.3, 0.4) is 0 Å². The Morgan fingerprint density at radius 1 is 1.29 bits per heavy atom. The molecule has 0 spiro atoms. The van der Waals surface area contributed by atoms with Gasteiger partial charge in [0.1, 0.15) is 0 Å². The van der Waals surface area contributed by atoms with Gasteiger partial charge >= 0.3 is 0 Å². The van der Waals surface area contributed by atoms with Gasteiger partial charge in [-0.15, -0.1) is 0 Å². The highest BCUT2D eigenvalue weighted by atomic mass is 35.5. The molecule has 94 valence electrons. The van der Waals surface area contributed by atoms with Crippen LogP contribution in [-0.2, 0) is 0 Å². The van der Waals surface area contributed by atoms with Crippen LogP contribution in [0.4, 0.5) is 5.69 Å². The average molecular weight is 254 g/mol. The fraction of sp³-hybridized carbons (Fsp3) is 0.571. The Bertz CT molecular complexity index is 350. The van der Waals surface area contributed by atoms with E-state index in [2.05, 4.69) is 5.32 Å². The van der Waals surface area contributed by atoms with E-state index in [0.717, 1.165) is 10.7 Å². The molecule has 1 aromatic carbocycles. The van der Waals surface area contributed by atoms with Crippen molar-refractivity contribution < 1.29 is 5.11 Å². The van der Waals surface area contributed by atoms with Gasteiger partial charge in [0.25, 0.3) is 0 Å². The summed E-state index contributed by atoms with van der Waals surface area (Å²) in [6.45, 7) is 0.192. The van der Waals surface area contributed by atoms with Crippen LogP contribution in [0.5, 0.6) is 0 Å². The third kappa shape index (κ3) is 3.62. The summed E-state index contributed by atoms with van der Waals surface area (Å²) in [4.78, 5) is 0. The average Bonchev–Trinajstić information content (AvgIpc) is 2.37. The van der Waals surface area contributed by atoms with Crippen molar-refractivity contribution in [3.8, 4) is 0 Å². The lowest BCUT2D eigenvalue weighted by molar-refractivity contribution is 0.209. The maximum atomic E-state index is 9.51. The fourth-order valence-electron chi connectivity index (χ4n) is 2.64. The topological polar surface area (TPSA) is 32.3 Å². The Morgan fingerprint density at radius 2 is 2.06 bits per heavy atom. The standard InChI is InChI=1S/C14H20ClNO/c15-12-7-4-8-13(9-12)16-14(10-17)11-5-2-1-3-6-11/h4,7-9,11,14,16-17H,1-3,5-6,10H2. The van der Waals surface area contributed by atoms with E-state index in [1.54, 1.807) is 0 Å². The van der Waals surface area contributed by atoms with Crippen molar-refractivity contribution >= 4 is 17.3 Å². The summed E-state index contributed by atoms with van der Waals surface area (Å²) < 4.78 is 0. The van der Waals surface area contributed by atoms with Crippen LogP contribution in [0, 0.1) is 5.92 Å². The van der Waals surface area contributed by atoms with Crippen molar-refractivity contribution in [2.45, 2.75) is 38.1 Å². The van der Waals surface area contributed by atoms with E-state index in [9.17, 15) is 5.11 Å². The number of aliphatic hydroxyl groups is 1. The molecule has 2 rings (SSSR count). The predicted molar refractivity (Wildman–Crippen MR) is 72.5 cm³/mol. The molecule has 1 aliphatic rings. The molecule has 0 aromatic heterocycles. The summed E-state index contributed by atoms with van der Waals surface area (Å²) in [5.74, 6) is 0.590. The Balaban J connectivity index is 1.98. The van der Waals surface area contributed by atoms with Crippen LogP contribution in [0.25, 0.3) is 0 Å². The minimum atomic E-state index is 0.161. The molecule has 17 heavy (non-hydrogen) atoms. The normalized spacial score (nSPS) is 18.9. The van der Waals surface area contributed by atoms with Crippen molar-refractivity contribution in [2.75, 3.05) is 11.9 Å². The van der Waals surface area contributed by atoms with Gasteiger partial charge < -0.3 is 10.4 Å². The van der Waals surface area contributed by atoms with E-state index < -0.39 is 0 Å². The molecule has 1 aliphatic carbocycles. The van der Waals surface area contributed by atoms with Crippen molar-refractivity contribution in [3.05, 3.63) is 29.3 Å². The number of hydrogen-bond donors (Lipinski definition) is 2. The van der Waals surface area contributed by atoms with Gasteiger partial charge in [0.15, 0.2) is 0 Å². The van der Waals surface area contributed by atoms with Crippen LogP contribution in [-0.4, -0.2) is 17.8 Å². The number of halogens is 1. The molecular weight excluding hydrogens is 234 g/mol. The second-order valence-corrected chi connectivity index (χ2v) is 5.28. The van der Waals surface area contributed by atoms with E-state index in [4.69, 9.17) is 11.6 Å². The molecule has 1 saturated carbocycles. The van der Waals surface area contributed by atoms with E-state index >= 15 is 0 Å². The second kappa shape index (κ2) is 6.27. The summed E-state index contributed by atoms with van der Waals surface area (Å²) in [6.07, 6.45) is 6.36. The first kappa shape index (κ1) is 12.7. The molecule has 1 aromatic rings. The monoisotopic (exact) mass is 253 g/mol. The Hall–Kier alpha value is -0.730. The zero-order valence-electron chi connectivity index (χ0n) is 10.0. The first-order valence-electron chi connectivity index (χ1n) is 6.42. The molecule has 3 heteroatoms. The number of benzene rings is 1. The highest BCUT2D eigenvalue weighted by molar-refractivity contribution is 6.30. The Labute approximate surface area is 108 Å².